The number of unbranched alkanes of at least 4 members (excludes halogenated alkanes) is 2. The zero-order valence-electron chi connectivity index (χ0n) is 23.9. The standard InChI is InChI=1S/C32H34ClN3O4S.2ClH/c1-34-18-20-35(21-19-34)17-3-2-4-22-39-27-15-9-26(10-16-27)36-31(37)30(41-32(36)38)23-24-5-11-28(12-6-24)40-29-13-7-25(33)8-14-29;;/h5-16,23H,2-4,17-22H2,1H3;2*1H. The molecule has 7 nitrogen and oxygen atoms in total. The lowest BCUT2D eigenvalue weighted by Crippen LogP contribution is -2.44. The smallest absolute Gasteiger partial charge is 0.298 e. The molecule has 0 aliphatic carbocycles. The SMILES string of the molecule is CN1CCN(CCCCCOc2ccc(N3C(=O)SC(=Cc4ccc(Oc5ccc(Cl)cc5)cc4)C3=O)cc2)CC1.Cl.Cl. The Hall–Kier alpha value is -2.72. The van der Waals surface area contributed by atoms with E-state index in [4.69, 9.17) is 21.1 Å². The normalized spacial score (nSPS) is 16.6. The minimum atomic E-state index is -0.337. The number of carbonyl (C=O) groups is 2. The Morgan fingerprint density at radius 3 is 2.05 bits per heavy atom. The van der Waals surface area contributed by atoms with Crippen molar-refractivity contribution in [2.45, 2.75) is 19.3 Å². The van der Waals surface area contributed by atoms with E-state index in [2.05, 4.69) is 16.8 Å². The Morgan fingerprint density at radius 2 is 1.40 bits per heavy atom. The van der Waals surface area contributed by atoms with Crippen LogP contribution in [-0.4, -0.2) is 67.3 Å². The zero-order valence-corrected chi connectivity index (χ0v) is 27.2. The third-order valence-corrected chi connectivity index (χ3v) is 8.22. The van der Waals surface area contributed by atoms with Gasteiger partial charge in [-0.3, -0.25) is 9.59 Å². The molecule has 0 atom stereocenters. The number of hydrogen-bond donors (Lipinski definition) is 0. The first kappa shape index (κ1) is 34.8. The molecular formula is C32H36Cl3N3O4S. The number of nitrogens with zero attached hydrogens (tertiary/aromatic N) is 3. The minimum absolute atomic E-state index is 0. The van der Waals surface area contributed by atoms with E-state index in [9.17, 15) is 9.59 Å². The molecule has 2 aliphatic rings. The van der Waals surface area contributed by atoms with Crippen molar-refractivity contribution in [3.8, 4) is 17.2 Å². The molecule has 0 aromatic heterocycles. The molecule has 3 aromatic rings. The number of benzene rings is 3. The molecule has 0 unspecified atom stereocenters. The Labute approximate surface area is 275 Å². The predicted molar refractivity (Wildman–Crippen MR) is 181 cm³/mol. The van der Waals surface area contributed by atoms with Crippen LogP contribution in [-0.2, 0) is 4.79 Å². The second-order valence-electron chi connectivity index (χ2n) is 10.2. The van der Waals surface area contributed by atoms with E-state index >= 15 is 0 Å². The minimum Gasteiger partial charge on any atom is -0.494 e. The average Bonchev–Trinajstić information content (AvgIpc) is 3.26. The van der Waals surface area contributed by atoms with Crippen LogP contribution in [0, 0.1) is 0 Å². The summed E-state index contributed by atoms with van der Waals surface area (Å²) in [5.41, 5.74) is 1.33. The maximum Gasteiger partial charge on any atom is 0.298 e. The fraction of sp³-hybridized carbons (Fsp3) is 0.312. The lowest BCUT2D eigenvalue weighted by atomic mass is 10.2. The van der Waals surface area contributed by atoms with Gasteiger partial charge in [0.05, 0.1) is 17.2 Å². The van der Waals surface area contributed by atoms with Gasteiger partial charge in [0.1, 0.15) is 17.2 Å². The van der Waals surface area contributed by atoms with Crippen molar-refractivity contribution in [3.05, 3.63) is 88.3 Å². The summed E-state index contributed by atoms with van der Waals surface area (Å²) in [5.74, 6) is 1.73. The molecule has 0 radical (unpaired) electrons. The summed E-state index contributed by atoms with van der Waals surface area (Å²) in [4.78, 5) is 32.3. The highest BCUT2D eigenvalue weighted by Crippen LogP contribution is 2.36. The van der Waals surface area contributed by atoms with Crippen LogP contribution >= 0.6 is 48.2 Å². The molecule has 43 heavy (non-hydrogen) atoms. The van der Waals surface area contributed by atoms with Crippen LogP contribution in [0.4, 0.5) is 10.5 Å². The van der Waals surface area contributed by atoms with Gasteiger partial charge in [0.15, 0.2) is 0 Å². The fourth-order valence-corrected chi connectivity index (χ4v) is 5.65. The summed E-state index contributed by atoms with van der Waals surface area (Å²) in [6.07, 6.45) is 5.03. The monoisotopic (exact) mass is 663 g/mol. The second-order valence-corrected chi connectivity index (χ2v) is 11.6. The van der Waals surface area contributed by atoms with Crippen molar-refractivity contribution >= 4 is 71.1 Å². The van der Waals surface area contributed by atoms with Gasteiger partial charge < -0.3 is 19.3 Å². The lowest BCUT2D eigenvalue weighted by Gasteiger charge is -2.32. The molecule has 0 bridgehead atoms. The van der Waals surface area contributed by atoms with E-state index in [-0.39, 0.29) is 36.0 Å². The number of likely N-dealkylation sites (N-methyl/N-ethyl adjacent to an activating group) is 1. The van der Waals surface area contributed by atoms with Crippen LogP contribution in [0.1, 0.15) is 24.8 Å². The Morgan fingerprint density at radius 1 is 0.791 bits per heavy atom. The fourth-order valence-electron chi connectivity index (χ4n) is 4.68. The number of amides is 2. The molecule has 0 N–H and O–H groups in total. The first-order valence-electron chi connectivity index (χ1n) is 13.9. The van der Waals surface area contributed by atoms with E-state index in [1.165, 1.54) is 11.3 Å². The average molecular weight is 665 g/mol. The lowest BCUT2D eigenvalue weighted by molar-refractivity contribution is -0.113. The topological polar surface area (TPSA) is 62.3 Å². The van der Waals surface area contributed by atoms with E-state index in [1.54, 1.807) is 42.5 Å². The first-order valence-corrected chi connectivity index (χ1v) is 15.1. The summed E-state index contributed by atoms with van der Waals surface area (Å²) in [5, 5.41) is 0.321. The molecule has 5 rings (SSSR count). The van der Waals surface area contributed by atoms with Gasteiger partial charge in [-0.15, -0.1) is 24.8 Å². The summed E-state index contributed by atoms with van der Waals surface area (Å²) in [6, 6.07) is 21.6. The molecular weight excluding hydrogens is 629 g/mol. The highest BCUT2D eigenvalue weighted by atomic mass is 35.5. The van der Waals surface area contributed by atoms with Crippen molar-refractivity contribution in [3.63, 3.8) is 0 Å². The van der Waals surface area contributed by atoms with Crippen molar-refractivity contribution in [2.24, 2.45) is 0 Å². The molecule has 0 spiro atoms. The highest BCUT2D eigenvalue weighted by molar-refractivity contribution is 8.19. The number of rotatable bonds is 11. The van der Waals surface area contributed by atoms with Gasteiger partial charge >= 0.3 is 0 Å². The molecule has 2 saturated heterocycles. The van der Waals surface area contributed by atoms with Gasteiger partial charge in [-0.25, -0.2) is 4.90 Å². The quantitative estimate of drug-likeness (QED) is 0.152. The van der Waals surface area contributed by atoms with Crippen LogP contribution in [0.2, 0.25) is 5.02 Å². The van der Waals surface area contributed by atoms with E-state index in [1.807, 2.05) is 36.4 Å². The number of thioether (sulfide) groups is 1. The molecule has 2 fully saturated rings. The van der Waals surface area contributed by atoms with Gasteiger partial charge in [0.2, 0.25) is 0 Å². The predicted octanol–water partition coefficient (Wildman–Crippen LogP) is 8.01. The maximum atomic E-state index is 13.1. The van der Waals surface area contributed by atoms with Crippen molar-refractivity contribution < 1.29 is 19.1 Å². The van der Waals surface area contributed by atoms with Crippen molar-refractivity contribution in [1.29, 1.82) is 0 Å². The van der Waals surface area contributed by atoms with Crippen molar-refractivity contribution in [1.82, 2.24) is 9.80 Å². The van der Waals surface area contributed by atoms with Crippen LogP contribution < -0.4 is 14.4 Å². The number of halogens is 3. The molecule has 230 valence electrons. The molecule has 3 aromatic carbocycles. The number of imide groups is 1. The number of piperazine rings is 1. The zero-order chi connectivity index (χ0) is 28.6. The Balaban J connectivity index is 0.00000253. The number of anilines is 1. The summed E-state index contributed by atoms with van der Waals surface area (Å²) >= 11 is 6.86. The van der Waals surface area contributed by atoms with Gasteiger partial charge in [-0.2, -0.15) is 0 Å². The number of carbonyl (C=O) groups excluding carboxylic acids is 2. The van der Waals surface area contributed by atoms with Crippen molar-refractivity contribution in [2.75, 3.05) is 51.3 Å². The third kappa shape index (κ3) is 9.89. The molecule has 2 heterocycles. The largest absolute Gasteiger partial charge is 0.494 e. The third-order valence-electron chi connectivity index (χ3n) is 7.10. The summed E-state index contributed by atoms with van der Waals surface area (Å²) < 4.78 is 11.7. The van der Waals surface area contributed by atoms with Gasteiger partial charge in [-0.05, 0) is 117 Å². The summed E-state index contributed by atoms with van der Waals surface area (Å²) in [7, 11) is 2.18. The van der Waals surface area contributed by atoms with Gasteiger partial charge in [0, 0.05) is 31.2 Å². The molecule has 11 heteroatoms. The van der Waals surface area contributed by atoms with Crippen LogP contribution in [0.3, 0.4) is 0 Å². The molecule has 0 saturated carbocycles. The first-order chi connectivity index (χ1) is 19.9. The highest BCUT2D eigenvalue weighted by Gasteiger charge is 2.36. The van der Waals surface area contributed by atoms with Gasteiger partial charge in [0.25, 0.3) is 11.1 Å². The van der Waals surface area contributed by atoms with Gasteiger partial charge in [-0.1, -0.05) is 23.7 Å². The van der Waals surface area contributed by atoms with Crippen LogP contribution in [0.15, 0.2) is 77.7 Å². The Kier molecular flexibility index (Phi) is 13.7. The maximum absolute atomic E-state index is 13.1. The van der Waals surface area contributed by atoms with Crippen LogP contribution in [0.25, 0.3) is 6.08 Å². The van der Waals surface area contributed by atoms with E-state index in [0.29, 0.717) is 33.7 Å². The number of ether oxygens (including phenoxy) is 2. The van der Waals surface area contributed by atoms with E-state index < -0.39 is 0 Å². The van der Waals surface area contributed by atoms with E-state index in [0.717, 1.165) is 68.6 Å². The number of hydrogen-bond acceptors (Lipinski definition) is 7. The second kappa shape index (κ2) is 16.9. The Bertz CT molecular complexity index is 1360. The molecule has 2 aliphatic heterocycles. The summed E-state index contributed by atoms with van der Waals surface area (Å²) in [6.45, 7) is 6.42. The van der Waals surface area contributed by atoms with Crippen LogP contribution in [0.5, 0.6) is 17.2 Å². The molecule has 2 amide bonds.